The number of hydrogen-bond donors (Lipinski definition) is 1. The van der Waals surface area contributed by atoms with Gasteiger partial charge in [-0.15, -0.1) is 0 Å². The maximum absolute atomic E-state index is 13.0. The number of fused-ring (bicyclic) bond motifs is 2. The zero-order valence-corrected chi connectivity index (χ0v) is 19.5. The molecule has 0 saturated carbocycles. The number of rotatable bonds is 5. The molecule has 1 fully saturated rings. The fraction of sp³-hybridized carbons (Fsp3) is 0.333. The van der Waals surface area contributed by atoms with Crippen LogP contribution in [0.3, 0.4) is 0 Å². The molecule has 0 aliphatic carbocycles. The van der Waals surface area contributed by atoms with Gasteiger partial charge in [0.15, 0.2) is 22.1 Å². The molecule has 1 amide bonds. The van der Waals surface area contributed by atoms with Gasteiger partial charge in [-0.3, -0.25) is 19.0 Å². The predicted octanol–water partition coefficient (Wildman–Crippen LogP) is 2.73. The van der Waals surface area contributed by atoms with Crippen LogP contribution < -0.4 is 19.9 Å². The first-order chi connectivity index (χ1) is 16.4. The van der Waals surface area contributed by atoms with E-state index in [9.17, 15) is 14.4 Å². The number of amides is 1. The van der Waals surface area contributed by atoms with E-state index >= 15 is 0 Å². The molecule has 10 heteroatoms. The van der Waals surface area contributed by atoms with E-state index in [1.165, 1.54) is 4.57 Å². The second-order valence-corrected chi connectivity index (χ2v) is 8.75. The summed E-state index contributed by atoms with van der Waals surface area (Å²) < 4.78 is 12.4. The van der Waals surface area contributed by atoms with Gasteiger partial charge in [-0.25, -0.2) is 0 Å². The minimum Gasteiger partial charge on any atom is -0.454 e. The highest BCUT2D eigenvalue weighted by atomic mass is 32.1. The van der Waals surface area contributed by atoms with Crippen LogP contribution in [0, 0.1) is 4.77 Å². The Morgan fingerprint density at radius 2 is 1.71 bits per heavy atom. The molecule has 3 heterocycles. The topological polar surface area (TPSA) is 96.9 Å². The zero-order valence-electron chi connectivity index (χ0n) is 18.7. The van der Waals surface area contributed by atoms with Crippen LogP contribution in [0.15, 0.2) is 41.2 Å². The summed E-state index contributed by atoms with van der Waals surface area (Å²) in [5, 5.41) is 0.440. The van der Waals surface area contributed by atoms with Crippen LogP contribution in [0.25, 0.3) is 10.9 Å². The van der Waals surface area contributed by atoms with Crippen molar-refractivity contribution in [1.82, 2.24) is 14.5 Å². The van der Waals surface area contributed by atoms with Crippen molar-refractivity contribution in [3.05, 3.63) is 57.1 Å². The van der Waals surface area contributed by atoms with Crippen LogP contribution in [0.2, 0.25) is 0 Å². The summed E-state index contributed by atoms with van der Waals surface area (Å²) in [6, 6.07) is 10.9. The molecule has 0 bridgehead atoms. The van der Waals surface area contributed by atoms with E-state index in [2.05, 4.69) is 9.88 Å². The summed E-state index contributed by atoms with van der Waals surface area (Å²) in [7, 11) is 0. The number of carbonyl (C=O) groups is 2. The molecule has 9 nitrogen and oxygen atoms in total. The normalized spacial score (nSPS) is 15.1. The molecule has 1 saturated heterocycles. The summed E-state index contributed by atoms with van der Waals surface area (Å²) >= 11 is 5.38. The van der Waals surface area contributed by atoms with Crippen molar-refractivity contribution < 1.29 is 19.1 Å². The number of hydrogen-bond acceptors (Lipinski definition) is 7. The van der Waals surface area contributed by atoms with Gasteiger partial charge in [0.1, 0.15) is 0 Å². The van der Waals surface area contributed by atoms with Crippen LogP contribution in [-0.2, 0) is 11.3 Å². The van der Waals surface area contributed by atoms with Gasteiger partial charge < -0.3 is 24.3 Å². The Bertz CT molecular complexity index is 1390. The number of aromatic amines is 1. The molecular formula is C24H24N4O5S. The number of benzene rings is 2. The number of H-pyrrole nitrogens is 1. The number of ether oxygens (including phenoxy) is 2. The molecule has 2 aliphatic rings. The second-order valence-electron chi connectivity index (χ2n) is 8.36. The second kappa shape index (κ2) is 8.94. The van der Waals surface area contributed by atoms with Crippen molar-refractivity contribution in [2.24, 2.45) is 0 Å². The fourth-order valence-corrected chi connectivity index (χ4v) is 4.62. The van der Waals surface area contributed by atoms with Crippen molar-refractivity contribution in [2.75, 3.05) is 37.9 Å². The molecule has 1 N–H and O–H groups in total. The standard InChI is InChI=1S/C24H24N4O5S/c1-15(29)16-2-4-17(5-3-16)26-8-10-27(11-9-26)22(30)6-7-28-23(31)18-12-20-21(33-14-32-20)13-19(18)25-24(28)34/h2-5,12-13H,6-11,14H2,1H3,(H,25,34). The van der Waals surface area contributed by atoms with Crippen molar-refractivity contribution in [3.63, 3.8) is 0 Å². The molecule has 0 spiro atoms. The highest BCUT2D eigenvalue weighted by Gasteiger charge is 2.22. The number of aromatic nitrogens is 2. The van der Waals surface area contributed by atoms with Crippen molar-refractivity contribution in [2.45, 2.75) is 19.9 Å². The molecule has 5 rings (SSSR count). The van der Waals surface area contributed by atoms with Gasteiger partial charge in [0, 0.05) is 56.5 Å². The lowest BCUT2D eigenvalue weighted by molar-refractivity contribution is -0.131. The summed E-state index contributed by atoms with van der Waals surface area (Å²) in [6.45, 7) is 4.46. The minimum atomic E-state index is -0.260. The average Bonchev–Trinajstić information content (AvgIpc) is 3.30. The lowest BCUT2D eigenvalue weighted by atomic mass is 10.1. The SMILES string of the molecule is CC(=O)c1ccc(N2CCN(C(=O)CCn3c(=S)[nH]c4cc5c(cc4c3=O)OCO5)CC2)cc1. The number of nitrogens with one attached hydrogen (secondary N) is 1. The third-order valence-electron chi connectivity index (χ3n) is 6.30. The van der Waals surface area contributed by atoms with Crippen molar-refractivity contribution >= 4 is 40.5 Å². The van der Waals surface area contributed by atoms with E-state index in [4.69, 9.17) is 21.7 Å². The first kappa shape index (κ1) is 22.1. The summed E-state index contributed by atoms with van der Waals surface area (Å²) in [4.78, 5) is 44.4. The fourth-order valence-electron chi connectivity index (χ4n) is 4.33. The monoisotopic (exact) mass is 480 g/mol. The number of anilines is 1. The van der Waals surface area contributed by atoms with Gasteiger partial charge in [0.05, 0.1) is 10.9 Å². The molecular weight excluding hydrogens is 456 g/mol. The number of Topliss-reactive ketones (excluding diaryl/α,β-unsaturated/α-hetero) is 1. The molecule has 1 aromatic heterocycles. The summed E-state index contributed by atoms with van der Waals surface area (Å²) in [5.41, 5.74) is 2.04. The smallest absolute Gasteiger partial charge is 0.262 e. The maximum atomic E-state index is 13.0. The average molecular weight is 481 g/mol. The molecule has 0 atom stereocenters. The Morgan fingerprint density at radius 1 is 1.03 bits per heavy atom. The van der Waals surface area contributed by atoms with Crippen LogP contribution in [0.4, 0.5) is 5.69 Å². The third-order valence-corrected chi connectivity index (χ3v) is 6.62. The highest BCUT2D eigenvalue weighted by Crippen LogP contribution is 2.34. The lowest BCUT2D eigenvalue weighted by Gasteiger charge is -2.36. The molecule has 2 aliphatic heterocycles. The molecule has 3 aromatic rings. The van der Waals surface area contributed by atoms with Gasteiger partial charge in [0.25, 0.3) is 5.56 Å². The van der Waals surface area contributed by atoms with Gasteiger partial charge in [-0.2, -0.15) is 0 Å². The molecule has 0 radical (unpaired) electrons. The van der Waals surface area contributed by atoms with E-state index in [0.717, 1.165) is 5.69 Å². The number of carbonyl (C=O) groups excluding carboxylic acids is 2. The predicted molar refractivity (Wildman–Crippen MR) is 129 cm³/mol. The van der Waals surface area contributed by atoms with Crippen LogP contribution >= 0.6 is 12.2 Å². The number of piperazine rings is 1. The van der Waals surface area contributed by atoms with Gasteiger partial charge in [0.2, 0.25) is 12.7 Å². The van der Waals surface area contributed by atoms with E-state index in [-0.39, 0.29) is 41.8 Å². The minimum absolute atomic E-state index is 0.0151. The molecule has 0 unspecified atom stereocenters. The van der Waals surface area contributed by atoms with Gasteiger partial charge in [-0.1, -0.05) is 0 Å². The Hall–Kier alpha value is -3.66. The van der Waals surface area contributed by atoms with Crippen molar-refractivity contribution in [3.8, 4) is 11.5 Å². The third kappa shape index (κ3) is 4.16. The van der Waals surface area contributed by atoms with Crippen LogP contribution in [-0.4, -0.2) is 59.1 Å². The van der Waals surface area contributed by atoms with Crippen molar-refractivity contribution in [1.29, 1.82) is 0 Å². The Morgan fingerprint density at radius 3 is 2.38 bits per heavy atom. The first-order valence-electron chi connectivity index (χ1n) is 11.1. The zero-order chi connectivity index (χ0) is 23.8. The highest BCUT2D eigenvalue weighted by molar-refractivity contribution is 7.71. The Kier molecular flexibility index (Phi) is 5.82. The van der Waals surface area contributed by atoms with Crippen LogP contribution in [0.1, 0.15) is 23.7 Å². The van der Waals surface area contributed by atoms with Gasteiger partial charge >= 0.3 is 0 Å². The lowest BCUT2D eigenvalue weighted by Crippen LogP contribution is -2.49. The Balaban J connectivity index is 1.23. The van der Waals surface area contributed by atoms with Gasteiger partial charge in [-0.05, 0) is 49.5 Å². The summed E-state index contributed by atoms with van der Waals surface area (Å²) in [6.07, 6.45) is 0.181. The van der Waals surface area contributed by atoms with E-state index in [1.807, 2.05) is 29.2 Å². The molecule has 176 valence electrons. The molecule has 34 heavy (non-hydrogen) atoms. The maximum Gasteiger partial charge on any atom is 0.262 e. The number of ketones is 1. The number of nitrogens with zero attached hydrogens (tertiary/aromatic N) is 3. The van der Waals surface area contributed by atoms with E-state index in [0.29, 0.717) is 54.1 Å². The van der Waals surface area contributed by atoms with E-state index < -0.39 is 0 Å². The quantitative estimate of drug-likeness (QED) is 0.443. The first-order valence-corrected chi connectivity index (χ1v) is 11.5. The van der Waals surface area contributed by atoms with E-state index in [1.54, 1.807) is 19.1 Å². The molecule has 2 aromatic carbocycles. The Labute approximate surface area is 200 Å². The van der Waals surface area contributed by atoms with Crippen LogP contribution in [0.5, 0.6) is 11.5 Å². The largest absolute Gasteiger partial charge is 0.454 e. The summed E-state index contributed by atoms with van der Waals surface area (Å²) in [5.74, 6) is 1.11.